The Balaban J connectivity index is 0.000000568. The van der Waals surface area contributed by atoms with Crippen molar-refractivity contribution in [2.45, 2.75) is 85.5 Å². The summed E-state index contributed by atoms with van der Waals surface area (Å²) >= 11 is 0. The van der Waals surface area contributed by atoms with E-state index in [9.17, 15) is 0 Å². The molecule has 1 nitrogen and oxygen atoms in total. The number of nitrogens with zero attached hydrogens (tertiary/aromatic N) is 1. The minimum Gasteiger partial charge on any atom is -0.264 e. The molecule has 5 rings (SSSR count). The normalized spacial score (nSPS) is 39.9. The molecule has 4 aliphatic carbocycles. The number of pyridine rings is 1. The van der Waals surface area contributed by atoms with E-state index in [1.807, 2.05) is 20.0 Å². The van der Waals surface area contributed by atoms with Crippen LogP contribution in [0.5, 0.6) is 0 Å². The fraction of sp³-hybridized carbons (Fsp3) is 0.679. The van der Waals surface area contributed by atoms with Crippen LogP contribution in [-0.4, -0.2) is 4.98 Å². The minimum atomic E-state index is 0.391. The van der Waals surface area contributed by atoms with Crippen LogP contribution in [0.3, 0.4) is 0 Å². The van der Waals surface area contributed by atoms with Crippen LogP contribution in [0.4, 0.5) is 0 Å². The lowest BCUT2D eigenvalue weighted by molar-refractivity contribution is -0.0953. The van der Waals surface area contributed by atoms with E-state index in [0.717, 1.165) is 23.7 Å². The van der Waals surface area contributed by atoms with Gasteiger partial charge in [0.2, 0.25) is 0 Å². The van der Waals surface area contributed by atoms with Gasteiger partial charge in [-0.05, 0) is 96.7 Å². The van der Waals surface area contributed by atoms with Gasteiger partial charge in [-0.25, -0.2) is 0 Å². The maximum Gasteiger partial charge on any atom is 0.0343 e. The van der Waals surface area contributed by atoms with Crippen LogP contribution in [0.2, 0.25) is 0 Å². The summed E-state index contributed by atoms with van der Waals surface area (Å²) < 4.78 is 0. The van der Waals surface area contributed by atoms with Crippen LogP contribution >= 0.6 is 0 Å². The van der Waals surface area contributed by atoms with Gasteiger partial charge >= 0.3 is 0 Å². The van der Waals surface area contributed by atoms with Crippen LogP contribution in [-0.2, 0) is 0 Å². The van der Waals surface area contributed by atoms with Gasteiger partial charge < -0.3 is 0 Å². The molecule has 1 aromatic rings. The fourth-order valence-electron chi connectivity index (χ4n) is 7.83. The zero-order valence-electron chi connectivity index (χ0n) is 19.2. The second-order valence-electron chi connectivity index (χ2n) is 9.95. The fourth-order valence-corrected chi connectivity index (χ4v) is 7.83. The second kappa shape index (κ2) is 9.07. The third-order valence-electron chi connectivity index (χ3n) is 9.14. The topological polar surface area (TPSA) is 12.9 Å². The Bertz CT molecular complexity index is 716. The van der Waals surface area contributed by atoms with Crippen LogP contribution in [0.15, 0.2) is 30.6 Å². The van der Waals surface area contributed by atoms with Gasteiger partial charge in [-0.2, -0.15) is 0 Å². The molecule has 0 amide bonds. The third-order valence-corrected chi connectivity index (χ3v) is 9.14. The predicted molar refractivity (Wildman–Crippen MR) is 125 cm³/mol. The van der Waals surface area contributed by atoms with Gasteiger partial charge in [0.25, 0.3) is 0 Å². The maximum absolute atomic E-state index is 4.40. The number of hydrogen-bond donors (Lipinski definition) is 0. The Hall–Kier alpha value is -1.55. The lowest BCUT2D eigenvalue weighted by atomic mass is 9.45. The van der Waals surface area contributed by atoms with Crippen LogP contribution < -0.4 is 0 Å². The Morgan fingerprint density at radius 3 is 2.48 bits per heavy atom. The summed E-state index contributed by atoms with van der Waals surface area (Å²) in [5.74, 6) is 3.86. The summed E-state index contributed by atoms with van der Waals surface area (Å²) in [6.45, 7) is 9.26. The molecule has 3 fully saturated rings. The summed E-state index contributed by atoms with van der Waals surface area (Å²) in [5, 5.41) is 0. The van der Waals surface area contributed by atoms with Gasteiger partial charge in [-0.3, -0.25) is 4.98 Å². The molecule has 1 aromatic heterocycles. The van der Waals surface area contributed by atoms with Crippen LogP contribution in [0.25, 0.3) is 5.57 Å². The SMILES string of the molecule is C#C.CC.CC12CCC3C(CCC4CCCCC43C)C1CC=C2c1cccnc1. The summed E-state index contributed by atoms with van der Waals surface area (Å²) in [5.41, 5.74) is 4.03. The van der Waals surface area contributed by atoms with Crippen molar-refractivity contribution in [3.8, 4) is 12.8 Å². The van der Waals surface area contributed by atoms with Crippen molar-refractivity contribution >= 4 is 5.57 Å². The van der Waals surface area contributed by atoms with Gasteiger partial charge in [0.1, 0.15) is 0 Å². The molecule has 0 bridgehead atoms. The van der Waals surface area contributed by atoms with Crippen molar-refractivity contribution in [3.63, 3.8) is 0 Å². The number of allylic oxidation sites excluding steroid dienone is 2. The van der Waals surface area contributed by atoms with Crippen molar-refractivity contribution in [3.05, 3.63) is 36.2 Å². The second-order valence-corrected chi connectivity index (χ2v) is 9.95. The van der Waals surface area contributed by atoms with E-state index in [4.69, 9.17) is 0 Å². The lowest BCUT2D eigenvalue weighted by Gasteiger charge is -2.60. The average Bonchev–Trinajstić information content (AvgIpc) is 3.14. The first-order chi connectivity index (χ1) is 14.1. The lowest BCUT2D eigenvalue weighted by Crippen LogP contribution is -2.52. The van der Waals surface area contributed by atoms with Gasteiger partial charge in [0.15, 0.2) is 0 Å². The van der Waals surface area contributed by atoms with E-state index in [0.29, 0.717) is 10.8 Å². The highest BCUT2D eigenvalue weighted by Crippen LogP contribution is 2.67. The van der Waals surface area contributed by atoms with E-state index in [-0.39, 0.29) is 0 Å². The Labute approximate surface area is 179 Å². The Morgan fingerprint density at radius 1 is 0.966 bits per heavy atom. The van der Waals surface area contributed by atoms with E-state index >= 15 is 0 Å². The van der Waals surface area contributed by atoms with Crippen molar-refractivity contribution in [1.29, 1.82) is 0 Å². The molecule has 1 heteroatoms. The Kier molecular flexibility index (Phi) is 6.93. The van der Waals surface area contributed by atoms with Crippen LogP contribution in [0, 0.1) is 47.3 Å². The molecule has 3 saturated carbocycles. The third kappa shape index (κ3) is 3.58. The largest absolute Gasteiger partial charge is 0.264 e. The zero-order valence-corrected chi connectivity index (χ0v) is 19.2. The first-order valence-corrected chi connectivity index (χ1v) is 12.1. The highest BCUT2D eigenvalue weighted by atomic mass is 14.6. The maximum atomic E-state index is 4.40. The molecular formula is C28H41N. The van der Waals surface area contributed by atoms with Gasteiger partial charge in [0, 0.05) is 12.4 Å². The molecule has 0 aromatic carbocycles. The highest BCUT2D eigenvalue weighted by Gasteiger charge is 2.57. The monoisotopic (exact) mass is 391 g/mol. The molecule has 6 unspecified atom stereocenters. The molecule has 29 heavy (non-hydrogen) atoms. The van der Waals surface area contributed by atoms with Crippen molar-refractivity contribution in [1.82, 2.24) is 4.98 Å². The van der Waals surface area contributed by atoms with Crippen LogP contribution in [0.1, 0.15) is 91.0 Å². The Morgan fingerprint density at radius 2 is 1.76 bits per heavy atom. The summed E-state index contributed by atoms with van der Waals surface area (Å²) in [7, 11) is 0. The van der Waals surface area contributed by atoms with Crippen molar-refractivity contribution in [2.24, 2.45) is 34.5 Å². The van der Waals surface area contributed by atoms with E-state index in [1.54, 1.807) is 5.57 Å². The first-order valence-electron chi connectivity index (χ1n) is 12.1. The molecule has 6 atom stereocenters. The van der Waals surface area contributed by atoms with Gasteiger partial charge in [0.05, 0.1) is 0 Å². The molecule has 0 radical (unpaired) electrons. The predicted octanol–water partition coefficient (Wildman–Crippen LogP) is 7.78. The molecule has 158 valence electrons. The number of fused-ring (bicyclic) bond motifs is 5. The number of terminal acetylenes is 1. The molecule has 0 spiro atoms. The molecule has 0 saturated heterocycles. The first kappa shape index (κ1) is 22.1. The summed E-state index contributed by atoms with van der Waals surface area (Å²) in [6.07, 6.45) is 27.7. The average molecular weight is 392 g/mol. The molecular weight excluding hydrogens is 350 g/mol. The number of hydrogen-bond acceptors (Lipinski definition) is 1. The van der Waals surface area contributed by atoms with Crippen molar-refractivity contribution < 1.29 is 0 Å². The highest BCUT2D eigenvalue weighted by molar-refractivity contribution is 5.72. The molecule has 0 aliphatic heterocycles. The van der Waals surface area contributed by atoms with E-state index in [2.05, 4.69) is 56.1 Å². The molecule has 4 aliphatic rings. The zero-order chi connectivity index (χ0) is 21.1. The number of rotatable bonds is 1. The quantitative estimate of drug-likeness (QED) is 0.445. The summed E-state index contributed by atoms with van der Waals surface area (Å²) in [6, 6.07) is 4.38. The van der Waals surface area contributed by atoms with E-state index in [1.165, 1.54) is 63.4 Å². The summed E-state index contributed by atoms with van der Waals surface area (Å²) in [4.78, 5) is 4.40. The van der Waals surface area contributed by atoms with Gasteiger partial charge in [-0.1, -0.05) is 52.7 Å². The molecule has 1 heterocycles. The number of aromatic nitrogens is 1. The van der Waals surface area contributed by atoms with Crippen molar-refractivity contribution in [2.75, 3.05) is 0 Å². The molecule has 0 N–H and O–H groups in total. The minimum absolute atomic E-state index is 0.391. The van der Waals surface area contributed by atoms with Gasteiger partial charge in [-0.15, -0.1) is 12.8 Å². The smallest absolute Gasteiger partial charge is 0.0343 e. The standard InChI is InChI=1S/C24H33N.C2H6.C2H2/c1-23-13-4-3-7-18(23)8-9-19-21-11-10-20(17-6-5-15-25-16-17)24(21,2)14-12-22(19)23;2*1-2/h5-6,10,15-16,18-19,21-22H,3-4,7-9,11-14H2,1-2H3;1-2H3;1-2H. The van der Waals surface area contributed by atoms with E-state index < -0.39 is 0 Å².